The van der Waals surface area contributed by atoms with E-state index in [0.29, 0.717) is 18.8 Å². The molecule has 1 aromatic rings. The molecule has 0 bridgehead atoms. The number of carbonyl (C=O) groups excluding carboxylic acids is 1. The van der Waals surface area contributed by atoms with Crippen LogP contribution in [0.5, 0.6) is 5.75 Å². The second-order valence-corrected chi connectivity index (χ2v) is 4.84. The Morgan fingerprint density at radius 2 is 2.28 bits per heavy atom. The number of amides is 1. The van der Waals surface area contributed by atoms with Crippen LogP contribution < -0.4 is 15.8 Å². The van der Waals surface area contributed by atoms with Gasteiger partial charge < -0.3 is 15.8 Å². The van der Waals surface area contributed by atoms with Crippen LogP contribution in [0.3, 0.4) is 0 Å². The molecule has 18 heavy (non-hydrogen) atoms. The Hall–Kier alpha value is -1.07. The molecule has 0 spiro atoms. The van der Waals surface area contributed by atoms with E-state index in [0.717, 1.165) is 16.5 Å². The number of halogens is 1. The molecule has 0 saturated carbocycles. The highest BCUT2D eigenvalue weighted by atomic mass is 79.9. The summed E-state index contributed by atoms with van der Waals surface area (Å²) in [6.07, 6.45) is 0.363. The molecule has 0 aliphatic rings. The molecule has 1 rings (SSSR count). The van der Waals surface area contributed by atoms with Crippen LogP contribution in [0.15, 0.2) is 22.7 Å². The number of nitrogens with two attached hydrogens (primary N) is 1. The fraction of sp³-hybridized carbons (Fsp3) is 0.462. The van der Waals surface area contributed by atoms with E-state index < -0.39 is 6.10 Å². The van der Waals surface area contributed by atoms with Crippen LogP contribution in [0.4, 0.5) is 0 Å². The molecule has 1 amide bonds. The summed E-state index contributed by atoms with van der Waals surface area (Å²) in [7, 11) is 0. The normalized spacial score (nSPS) is 12.0. The highest BCUT2D eigenvalue weighted by molar-refractivity contribution is 9.10. The summed E-state index contributed by atoms with van der Waals surface area (Å²) in [6, 6.07) is 5.64. The topological polar surface area (TPSA) is 64.3 Å². The Morgan fingerprint density at radius 3 is 2.89 bits per heavy atom. The van der Waals surface area contributed by atoms with E-state index in [2.05, 4.69) is 21.2 Å². The lowest BCUT2D eigenvalue weighted by atomic mass is 10.2. The zero-order chi connectivity index (χ0) is 13.5. The predicted octanol–water partition coefficient (Wildman–Crippen LogP) is 2.20. The zero-order valence-electron chi connectivity index (χ0n) is 10.7. The van der Waals surface area contributed by atoms with Gasteiger partial charge in [-0.2, -0.15) is 0 Å². The minimum absolute atomic E-state index is 0.115. The average molecular weight is 315 g/mol. The summed E-state index contributed by atoms with van der Waals surface area (Å²) in [5.41, 5.74) is 6.52. The van der Waals surface area contributed by atoms with Crippen LogP contribution >= 0.6 is 15.9 Å². The van der Waals surface area contributed by atoms with Gasteiger partial charge in [0.1, 0.15) is 5.75 Å². The third-order valence-electron chi connectivity index (χ3n) is 2.48. The first-order valence-electron chi connectivity index (χ1n) is 6.02. The minimum Gasteiger partial charge on any atom is -0.479 e. The molecule has 1 atom stereocenters. The molecule has 0 heterocycles. The maximum absolute atomic E-state index is 11.7. The number of hydrogen-bond acceptors (Lipinski definition) is 3. The van der Waals surface area contributed by atoms with Crippen molar-refractivity contribution in [2.75, 3.05) is 6.54 Å². The first kappa shape index (κ1) is 15.0. The van der Waals surface area contributed by atoms with Gasteiger partial charge in [0.05, 0.1) is 4.47 Å². The Kier molecular flexibility index (Phi) is 6.15. The van der Waals surface area contributed by atoms with Crippen LogP contribution in [0.25, 0.3) is 0 Å². The summed E-state index contributed by atoms with van der Waals surface area (Å²) in [6.45, 7) is 4.77. The molecule has 0 aliphatic carbocycles. The zero-order valence-corrected chi connectivity index (χ0v) is 12.3. The molecule has 0 radical (unpaired) electrons. The van der Waals surface area contributed by atoms with Crippen molar-refractivity contribution >= 4 is 21.8 Å². The van der Waals surface area contributed by atoms with Gasteiger partial charge in [0.2, 0.25) is 0 Å². The molecular formula is C13H19BrN2O2. The van der Waals surface area contributed by atoms with Crippen molar-refractivity contribution < 1.29 is 9.53 Å². The smallest absolute Gasteiger partial charge is 0.260 e. The monoisotopic (exact) mass is 314 g/mol. The fourth-order valence-electron chi connectivity index (χ4n) is 1.47. The Labute approximate surface area is 116 Å². The van der Waals surface area contributed by atoms with Crippen molar-refractivity contribution in [1.29, 1.82) is 0 Å². The van der Waals surface area contributed by atoms with Gasteiger partial charge in [0.25, 0.3) is 5.91 Å². The first-order chi connectivity index (χ1) is 8.60. The SMILES string of the molecule is CCCNC(=O)C(C)Oc1c(Br)cccc1CN. The van der Waals surface area contributed by atoms with Crippen LogP contribution in [0.2, 0.25) is 0 Å². The van der Waals surface area contributed by atoms with Gasteiger partial charge in [0.15, 0.2) is 6.10 Å². The van der Waals surface area contributed by atoms with Crippen molar-refractivity contribution in [3.8, 4) is 5.75 Å². The number of hydrogen-bond donors (Lipinski definition) is 2. The maximum Gasteiger partial charge on any atom is 0.260 e. The standard InChI is InChI=1S/C13H19BrN2O2/c1-3-7-16-13(17)9(2)18-12-10(8-15)5-4-6-11(12)14/h4-6,9H,3,7-8,15H2,1-2H3,(H,16,17). The second kappa shape index (κ2) is 7.38. The molecule has 1 aromatic carbocycles. The van der Waals surface area contributed by atoms with Crippen molar-refractivity contribution in [1.82, 2.24) is 5.32 Å². The van der Waals surface area contributed by atoms with Crippen LogP contribution in [-0.2, 0) is 11.3 Å². The van der Waals surface area contributed by atoms with E-state index in [1.54, 1.807) is 6.92 Å². The molecule has 0 aromatic heterocycles. The van der Waals surface area contributed by atoms with E-state index in [1.165, 1.54) is 0 Å². The van der Waals surface area contributed by atoms with Gasteiger partial charge in [-0.3, -0.25) is 4.79 Å². The number of benzene rings is 1. The van der Waals surface area contributed by atoms with Gasteiger partial charge in [-0.15, -0.1) is 0 Å². The molecule has 1 unspecified atom stereocenters. The van der Waals surface area contributed by atoms with E-state index in [-0.39, 0.29) is 5.91 Å². The maximum atomic E-state index is 11.7. The highest BCUT2D eigenvalue weighted by Crippen LogP contribution is 2.29. The third kappa shape index (κ3) is 3.99. The molecule has 0 fully saturated rings. The predicted molar refractivity (Wildman–Crippen MR) is 75.4 cm³/mol. The lowest BCUT2D eigenvalue weighted by molar-refractivity contribution is -0.127. The first-order valence-corrected chi connectivity index (χ1v) is 6.81. The second-order valence-electron chi connectivity index (χ2n) is 3.98. The molecule has 3 N–H and O–H groups in total. The third-order valence-corrected chi connectivity index (χ3v) is 3.11. The largest absolute Gasteiger partial charge is 0.479 e. The molecule has 4 nitrogen and oxygen atoms in total. The number of ether oxygens (including phenoxy) is 1. The van der Waals surface area contributed by atoms with Crippen LogP contribution in [0, 0.1) is 0 Å². The minimum atomic E-state index is -0.541. The number of para-hydroxylation sites is 1. The number of carbonyl (C=O) groups is 1. The lowest BCUT2D eigenvalue weighted by Crippen LogP contribution is -2.36. The molecule has 100 valence electrons. The van der Waals surface area contributed by atoms with Crippen molar-refractivity contribution in [3.63, 3.8) is 0 Å². The molecule has 0 saturated heterocycles. The quantitative estimate of drug-likeness (QED) is 0.846. The Morgan fingerprint density at radius 1 is 1.56 bits per heavy atom. The molecular weight excluding hydrogens is 296 g/mol. The van der Waals surface area contributed by atoms with Crippen LogP contribution in [0.1, 0.15) is 25.8 Å². The Balaban J connectivity index is 2.75. The van der Waals surface area contributed by atoms with E-state index in [9.17, 15) is 4.79 Å². The summed E-state index contributed by atoms with van der Waals surface area (Å²) < 4.78 is 6.49. The Bertz CT molecular complexity index is 410. The molecule has 0 aliphatic heterocycles. The van der Waals surface area contributed by atoms with Crippen LogP contribution in [-0.4, -0.2) is 18.6 Å². The van der Waals surface area contributed by atoms with E-state index in [4.69, 9.17) is 10.5 Å². The number of nitrogens with one attached hydrogen (secondary N) is 1. The van der Waals surface area contributed by atoms with Gasteiger partial charge in [-0.25, -0.2) is 0 Å². The lowest BCUT2D eigenvalue weighted by Gasteiger charge is -2.17. The summed E-state index contributed by atoms with van der Waals surface area (Å²) in [5.74, 6) is 0.523. The van der Waals surface area contributed by atoms with Gasteiger partial charge >= 0.3 is 0 Å². The van der Waals surface area contributed by atoms with Gasteiger partial charge in [-0.05, 0) is 35.3 Å². The average Bonchev–Trinajstić information content (AvgIpc) is 2.38. The van der Waals surface area contributed by atoms with Crippen molar-refractivity contribution in [2.45, 2.75) is 32.9 Å². The summed E-state index contributed by atoms with van der Waals surface area (Å²) in [5, 5.41) is 2.80. The highest BCUT2D eigenvalue weighted by Gasteiger charge is 2.17. The van der Waals surface area contributed by atoms with Crippen molar-refractivity contribution in [2.24, 2.45) is 5.73 Å². The van der Waals surface area contributed by atoms with E-state index in [1.807, 2.05) is 25.1 Å². The van der Waals surface area contributed by atoms with Crippen molar-refractivity contribution in [3.05, 3.63) is 28.2 Å². The summed E-state index contributed by atoms with van der Waals surface area (Å²) in [4.78, 5) is 11.7. The van der Waals surface area contributed by atoms with Gasteiger partial charge in [0, 0.05) is 18.7 Å². The van der Waals surface area contributed by atoms with E-state index >= 15 is 0 Å². The molecule has 5 heteroatoms. The summed E-state index contributed by atoms with van der Waals surface area (Å²) >= 11 is 3.41. The van der Waals surface area contributed by atoms with Gasteiger partial charge in [-0.1, -0.05) is 19.1 Å². The fourth-order valence-corrected chi connectivity index (χ4v) is 1.97. The number of rotatable bonds is 6.